The van der Waals surface area contributed by atoms with Gasteiger partial charge in [0.05, 0.1) is 12.0 Å². The second kappa shape index (κ2) is 22.6. The maximum atomic E-state index is 12.8. The molecule has 1 atom stereocenters. The molecule has 0 aromatic heterocycles. The maximum absolute atomic E-state index is 12.8. The number of hydrogen-bond acceptors (Lipinski definition) is 2. The topological polar surface area (TPSA) is 26.3 Å². The van der Waals surface area contributed by atoms with Crippen molar-refractivity contribution in [1.29, 1.82) is 0 Å². The lowest BCUT2D eigenvalue weighted by atomic mass is 9.94. The summed E-state index contributed by atoms with van der Waals surface area (Å²) in [6.07, 6.45) is 23.5. The molecule has 0 aliphatic rings. The Kier molecular flexibility index (Phi) is 22.6. The number of carbonyl (C=O) groups excluding carboxylic acids is 1. The summed E-state index contributed by atoms with van der Waals surface area (Å²) in [5.41, 5.74) is 0. The second-order valence-corrected chi connectivity index (χ2v) is 9.74. The second-order valence-electron chi connectivity index (χ2n) is 8.95. The SMILES string of the molecule is CCCCCCCCC(CCCCCCCC)C(=O)OC(C)CCCCCCBr. The van der Waals surface area contributed by atoms with Crippen LogP contribution in [0.3, 0.4) is 0 Å². The molecule has 0 fully saturated rings. The molecule has 174 valence electrons. The Labute approximate surface area is 191 Å². The van der Waals surface area contributed by atoms with Crippen LogP contribution in [0.25, 0.3) is 0 Å². The van der Waals surface area contributed by atoms with E-state index < -0.39 is 0 Å². The van der Waals surface area contributed by atoms with Gasteiger partial charge in [-0.05, 0) is 39.0 Å². The van der Waals surface area contributed by atoms with E-state index in [1.54, 1.807) is 0 Å². The Bertz CT molecular complexity index is 330. The molecule has 0 N–H and O–H groups in total. The summed E-state index contributed by atoms with van der Waals surface area (Å²) in [4.78, 5) is 12.8. The minimum Gasteiger partial charge on any atom is -0.462 e. The van der Waals surface area contributed by atoms with Gasteiger partial charge in [-0.1, -0.05) is 120 Å². The van der Waals surface area contributed by atoms with Crippen LogP contribution in [0.4, 0.5) is 0 Å². The van der Waals surface area contributed by atoms with E-state index in [1.807, 2.05) is 0 Å². The number of alkyl halides is 1. The summed E-state index contributed by atoms with van der Waals surface area (Å²) >= 11 is 3.49. The fourth-order valence-electron chi connectivity index (χ4n) is 3.96. The summed E-state index contributed by atoms with van der Waals surface area (Å²) in [7, 11) is 0. The number of hydrogen-bond donors (Lipinski definition) is 0. The van der Waals surface area contributed by atoms with Crippen LogP contribution in [0, 0.1) is 5.92 Å². The van der Waals surface area contributed by atoms with Crippen LogP contribution in [0.15, 0.2) is 0 Å². The van der Waals surface area contributed by atoms with Crippen LogP contribution in [0.1, 0.15) is 143 Å². The molecule has 3 heteroatoms. The number of rotatable bonds is 22. The lowest BCUT2D eigenvalue weighted by Crippen LogP contribution is -2.23. The zero-order valence-electron chi connectivity index (χ0n) is 20.0. The number of unbranched alkanes of at least 4 members (excludes halogenated alkanes) is 13. The Morgan fingerprint density at radius 3 is 1.55 bits per heavy atom. The molecule has 0 aliphatic carbocycles. The van der Waals surface area contributed by atoms with Crippen molar-refractivity contribution in [3.8, 4) is 0 Å². The van der Waals surface area contributed by atoms with Gasteiger partial charge in [-0.2, -0.15) is 0 Å². The van der Waals surface area contributed by atoms with Gasteiger partial charge < -0.3 is 4.74 Å². The summed E-state index contributed by atoms with van der Waals surface area (Å²) in [5, 5.41) is 1.09. The smallest absolute Gasteiger partial charge is 0.309 e. The van der Waals surface area contributed by atoms with Gasteiger partial charge in [0.2, 0.25) is 0 Å². The summed E-state index contributed by atoms with van der Waals surface area (Å²) in [5.74, 6) is 0.211. The minimum absolute atomic E-state index is 0.0723. The number of esters is 1. The normalized spacial score (nSPS) is 12.4. The maximum Gasteiger partial charge on any atom is 0.309 e. The molecule has 0 radical (unpaired) electrons. The van der Waals surface area contributed by atoms with Crippen molar-refractivity contribution in [1.82, 2.24) is 0 Å². The molecule has 0 aliphatic heterocycles. The van der Waals surface area contributed by atoms with E-state index in [2.05, 4.69) is 36.7 Å². The van der Waals surface area contributed by atoms with Crippen molar-refractivity contribution in [3.05, 3.63) is 0 Å². The first kappa shape index (κ1) is 28.9. The highest BCUT2D eigenvalue weighted by Gasteiger charge is 2.21. The fourth-order valence-corrected chi connectivity index (χ4v) is 4.35. The van der Waals surface area contributed by atoms with Crippen molar-refractivity contribution >= 4 is 21.9 Å². The molecule has 0 saturated carbocycles. The van der Waals surface area contributed by atoms with Crippen LogP contribution in [0.2, 0.25) is 0 Å². The molecule has 0 spiro atoms. The van der Waals surface area contributed by atoms with Crippen molar-refractivity contribution in [2.75, 3.05) is 5.33 Å². The van der Waals surface area contributed by atoms with Crippen LogP contribution >= 0.6 is 15.9 Å². The van der Waals surface area contributed by atoms with Crippen molar-refractivity contribution in [2.45, 2.75) is 149 Å². The highest BCUT2D eigenvalue weighted by atomic mass is 79.9. The molecule has 0 aromatic carbocycles. The average molecular weight is 476 g/mol. The molecule has 0 amide bonds. The first-order valence-electron chi connectivity index (χ1n) is 12.9. The predicted molar refractivity (Wildman–Crippen MR) is 132 cm³/mol. The third-order valence-corrected chi connectivity index (χ3v) is 6.52. The predicted octanol–water partition coefficient (Wildman–Crippen LogP) is 9.38. The van der Waals surface area contributed by atoms with E-state index in [-0.39, 0.29) is 18.0 Å². The zero-order chi connectivity index (χ0) is 21.6. The van der Waals surface area contributed by atoms with Crippen molar-refractivity contribution in [3.63, 3.8) is 0 Å². The third-order valence-electron chi connectivity index (χ3n) is 5.96. The molecular formula is C26H51BrO2. The Balaban J connectivity index is 4.20. The molecular weight excluding hydrogens is 424 g/mol. The summed E-state index contributed by atoms with van der Waals surface area (Å²) in [6, 6.07) is 0. The molecule has 0 saturated heterocycles. The van der Waals surface area contributed by atoms with Crippen LogP contribution in [-0.2, 0) is 9.53 Å². The van der Waals surface area contributed by atoms with Crippen molar-refractivity contribution in [2.24, 2.45) is 5.92 Å². The molecule has 29 heavy (non-hydrogen) atoms. The third kappa shape index (κ3) is 19.6. The van der Waals surface area contributed by atoms with E-state index in [4.69, 9.17) is 4.74 Å². The molecule has 0 rings (SSSR count). The Morgan fingerprint density at radius 1 is 0.655 bits per heavy atom. The molecule has 0 bridgehead atoms. The first-order chi connectivity index (χ1) is 14.2. The van der Waals surface area contributed by atoms with Gasteiger partial charge in [-0.15, -0.1) is 0 Å². The van der Waals surface area contributed by atoms with Gasteiger partial charge in [0.25, 0.3) is 0 Å². The van der Waals surface area contributed by atoms with Gasteiger partial charge in [-0.25, -0.2) is 0 Å². The van der Waals surface area contributed by atoms with Gasteiger partial charge in [-0.3, -0.25) is 4.79 Å². The number of ether oxygens (including phenoxy) is 1. The van der Waals surface area contributed by atoms with E-state index >= 15 is 0 Å². The number of halogens is 1. The lowest BCUT2D eigenvalue weighted by molar-refractivity contribution is -0.154. The largest absolute Gasteiger partial charge is 0.462 e. The lowest BCUT2D eigenvalue weighted by Gasteiger charge is -2.20. The van der Waals surface area contributed by atoms with Crippen LogP contribution in [0.5, 0.6) is 0 Å². The van der Waals surface area contributed by atoms with E-state index in [0.717, 1.165) is 24.6 Å². The van der Waals surface area contributed by atoms with Crippen LogP contribution < -0.4 is 0 Å². The van der Waals surface area contributed by atoms with Gasteiger partial charge in [0.1, 0.15) is 0 Å². The zero-order valence-corrected chi connectivity index (χ0v) is 21.6. The monoisotopic (exact) mass is 474 g/mol. The van der Waals surface area contributed by atoms with Gasteiger partial charge in [0.15, 0.2) is 0 Å². The molecule has 1 unspecified atom stereocenters. The Morgan fingerprint density at radius 2 is 1.07 bits per heavy atom. The summed E-state index contributed by atoms with van der Waals surface area (Å²) < 4.78 is 5.86. The highest BCUT2D eigenvalue weighted by Crippen LogP contribution is 2.22. The highest BCUT2D eigenvalue weighted by molar-refractivity contribution is 9.09. The van der Waals surface area contributed by atoms with E-state index in [1.165, 1.54) is 103 Å². The molecule has 0 heterocycles. The standard InChI is InChI=1S/C26H51BrO2/c1-4-6-8-10-12-17-21-25(22-18-13-11-9-7-5-2)26(28)29-24(3)20-16-14-15-19-23-27/h24-25H,4-23H2,1-3H3. The summed E-state index contributed by atoms with van der Waals surface area (Å²) in [6.45, 7) is 6.60. The number of carbonyl (C=O) groups is 1. The first-order valence-corrected chi connectivity index (χ1v) is 14.0. The van der Waals surface area contributed by atoms with Crippen LogP contribution in [-0.4, -0.2) is 17.4 Å². The van der Waals surface area contributed by atoms with Gasteiger partial charge >= 0.3 is 5.97 Å². The quantitative estimate of drug-likeness (QED) is 0.0885. The minimum atomic E-state index is 0.0723. The van der Waals surface area contributed by atoms with E-state index in [9.17, 15) is 4.79 Å². The average Bonchev–Trinajstić information content (AvgIpc) is 2.71. The van der Waals surface area contributed by atoms with Gasteiger partial charge in [0, 0.05) is 5.33 Å². The Hall–Kier alpha value is -0.0500. The fraction of sp³-hybridized carbons (Fsp3) is 0.962. The molecule has 0 aromatic rings. The van der Waals surface area contributed by atoms with E-state index in [0.29, 0.717) is 0 Å². The molecule has 2 nitrogen and oxygen atoms in total. The van der Waals surface area contributed by atoms with Crippen molar-refractivity contribution < 1.29 is 9.53 Å².